The fourth-order valence-electron chi connectivity index (χ4n) is 0.792. The zero-order chi connectivity index (χ0) is 6.53. The molecule has 1 aliphatic rings. The third kappa shape index (κ3) is 3.67. The quantitative estimate of drug-likeness (QED) is 0.316. The van der Waals surface area contributed by atoms with Crippen molar-refractivity contribution in [3.05, 3.63) is 0 Å². The van der Waals surface area contributed by atoms with E-state index in [9.17, 15) is 0 Å². The average molecular weight is 146 g/mol. The SMILES string of the molecule is C[SiH2]OCCCC1CO1. The smallest absolute Gasteiger partial charge is 0.158 e. The lowest BCUT2D eigenvalue weighted by Crippen LogP contribution is -1.97. The Morgan fingerprint density at radius 2 is 2.56 bits per heavy atom. The van der Waals surface area contributed by atoms with E-state index >= 15 is 0 Å². The molecule has 54 valence electrons. The van der Waals surface area contributed by atoms with E-state index in [1.54, 1.807) is 0 Å². The molecule has 1 fully saturated rings. The maximum Gasteiger partial charge on any atom is 0.158 e. The van der Waals surface area contributed by atoms with Crippen molar-refractivity contribution >= 4 is 9.76 Å². The Morgan fingerprint density at radius 3 is 3.11 bits per heavy atom. The third-order valence-electron chi connectivity index (χ3n) is 1.42. The summed E-state index contributed by atoms with van der Waals surface area (Å²) in [6.07, 6.45) is 2.98. The van der Waals surface area contributed by atoms with Crippen LogP contribution in [-0.4, -0.2) is 29.1 Å². The standard InChI is InChI=1S/C6H14O2Si/c1-9-8-4-2-3-6-5-7-6/h6H,2-5,9H2,1H3. The van der Waals surface area contributed by atoms with Gasteiger partial charge < -0.3 is 9.16 Å². The van der Waals surface area contributed by atoms with Gasteiger partial charge in [0.05, 0.1) is 12.7 Å². The minimum Gasteiger partial charge on any atom is -0.424 e. The highest BCUT2D eigenvalue weighted by atomic mass is 28.2. The Morgan fingerprint density at radius 1 is 1.78 bits per heavy atom. The van der Waals surface area contributed by atoms with E-state index in [2.05, 4.69) is 6.55 Å². The van der Waals surface area contributed by atoms with Gasteiger partial charge in [0.25, 0.3) is 0 Å². The molecule has 0 amide bonds. The summed E-state index contributed by atoms with van der Waals surface area (Å²) >= 11 is 0. The first-order chi connectivity index (χ1) is 4.43. The molecule has 0 radical (unpaired) electrons. The van der Waals surface area contributed by atoms with E-state index < -0.39 is 0 Å². The summed E-state index contributed by atoms with van der Waals surface area (Å²) in [5, 5.41) is 0. The summed E-state index contributed by atoms with van der Waals surface area (Å²) in [5.41, 5.74) is 0. The van der Waals surface area contributed by atoms with Crippen LogP contribution in [0, 0.1) is 0 Å². The predicted molar refractivity (Wildman–Crippen MR) is 39.3 cm³/mol. The Balaban J connectivity index is 1.71. The van der Waals surface area contributed by atoms with E-state index in [-0.39, 0.29) is 9.76 Å². The van der Waals surface area contributed by atoms with Crippen LogP contribution < -0.4 is 0 Å². The first kappa shape index (κ1) is 7.25. The summed E-state index contributed by atoms with van der Waals surface area (Å²) < 4.78 is 10.3. The summed E-state index contributed by atoms with van der Waals surface area (Å²) in [6.45, 7) is 4.11. The second-order valence-electron chi connectivity index (χ2n) is 2.29. The molecule has 0 saturated carbocycles. The fraction of sp³-hybridized carbons (Fsp3) is 1.00. The van der Waals surface area contributed by atoms with Crippen LogP contribution in [0.1, 0.15) is 12.8 Å². The van der Waals surface area contributed by atoms with Gasteiger partial charge in [-0.05, 0) is 12.8 Å². The van der Waals surface area contributed by atoms with Gasteiger partial charge in [-0.3, -0.25) is 0 Å². The molecule has 1 saturated heterocycles. The Bertz CT molecular complexity index is 73.5. The van der Waals surface area contributed by atoms with E-state index in [0.29, 0.717) is 6.10 Å². The largest absolute Gasteiger partial charge is 0.424 e. The van der Waals surface area contributed by atoms with Crippen LogP contribution in [0.5, 0.6) is 0 Å². The molecule has 3 heteroatoms. The van der Waals surface area contributed by atoms with Crippen LogP contribution in [0.2, 0.25) is 6.55 Å². The average Bonchev–Trinajstić information content (AvgIpc) is 2.63. The van der Waals surface area contributed by atoms with Crippen molar-refractivity contribution in [2.24, 2.45) is 0 Å². The molecule has 0 aromatic carbocycles. The van der Waals surface area contributed by atoms with Crippen LogP contribution in [0.25, 0.3) is 0 Å². The van der Waals surface area contributed by atoms with Crippen LogP contribution in [-0.2, 0) is 9.16 Å². The van der Waals surface area contributed by atoms with Gasteiger partial charge in [0.1, 0.15) is 0 Å². The van der Waals surface area contributed by atoms with E-state index in [1.165, 1.54) is 12.8 Å². The molecule has 1 rings (SSSR count). The number of rotatable bonds is 5. The van der Waals surface area contributed by atoms with Crippen molar-refractivity contribution in [3.8, 4) is 0 Å². The summed E-state index contributed by atoms with van der Waals surface area (Å²) in [4.78, 5) is 0. The maximum absolute atomic E-state index is 5.30. The van der Waals surface area contributed by atoms with Crippen molar-refractivity contribution in [1.29, 1.82) is 0 Å². The molecular weight excluding hydrogens is 132 g/mol. The normalized spacial score (nSPS) is 25.7. The van der Waals surface area contributed by atoms with Crippen molar-refractivity contribution < 1.29 is 9.16 Å². The lowest BCUT2D eigenvalue weighted by Gasteiger charge is -1.97. The second-order valence-corrected chi connectivity index (χ2v) is 3.28. The predicted octanol–water partition coefficient (Wildman–Crippen LogP) is 0.314. The first-order valence-electron chi connectivity index (χ1n) is 3.63. The summed E-state index contributed by atoms with van der Waals surface area (Å²) in [7, 11) is -0.151. The van der Waals surface area contributed by atoms with Gasteiger partial charge in [-0.25, -0.2) is 0 Å². The molecule has 0 aromatic heterocycles. The summed E-state index contributed by atoms with van der Waals surface area (Å²) in [6, 6.07) is 0. The van der Waals surface area contributed by atoms with E-state index in [1.807, 2.05) is 0 Å². The van der Waals surface area contributed by atoms with Crippen molar-refractivity contribution in [3.63, 3.8) is 0 Å². The lowest BCUT2D eigenvalue weighted by atomic mass is 10.3. The van der Waals surface area contributed by atoms with Gasteiger partial charge in [-0.1, -0.05) is 6.55 Å². The highest BCUT2D eigenvalue weighted by molar-refractivity contribution is 6.24. The van der Waals surface area contributed by atoms with Gasteiger partial charge >= 0.3 is 0 Å². The van der Waals surface area contributed by atoms with Crippen LogP contribution in [0.15, 0.2) is 0 Å². The van der Waals surface area contributed by atoms with Gasteiger partial charge in [0.2, 0.25) is 0 Å². The highest BCUT2D eigenvalue weighted by Crippen LogP contribution is 2.14. The second kappa shape index (κ2) is 4.03. The molecule has 1 heterocycles. The maximum atomic E-state index is 5.30. The molecule has 0 aromatic rings. The van der Waals surface area contributed by atoms with E-state index in [4.69, 9.17) is 9.16 Å². The van der Waals surface area contributed by atoms with Crippen LogP contribution in [0.4, 0.5) is 0 Å². The van der Waals surface area contributed by atoms with Gasteiger partial charge in [0.15, 0.2) is 9.76 Å². The molecule has 0 spiro atoms. The number of ether oxygens (including phenoxy) is 1. The topological polar surface area (TPSA) is 21.8 Å². The molecule has 1 atom stereocenters. The molecule has 0 bridgehead atoms. The van der Waals surface area contributed by atoms with Gasteiger partial charge in [-0.15, -0.1) is 0 Å². The summed E-state index contributed by atoms with van der Waals surface area (Å²) in [5.74, 6) is 0. The Hall–Kier alpha value is 0.137. The number of hydrogen-bond acceptors (Lipinski definition) is 2. The molecule has 0 aliphatic carbocycles. The molecular formula is C6H14O2Si. The Labute approximate surface area is 58.5 Å². The Kier molecular flexibility index (Phi) is 3.25. The van der Waals surface area contributed by atoms with Gasteiger partial charge in [-0.2, -0.15) is 0 Å². The highest BCUT2D eigenvalue weighted by Gasteiger charge is 2.20. The molecule has 1 aliphatic heterocycles. The number of epoxide rings is 1. The number of hydrogen-bond donors (Lipinski definition) is 0. The minimum atomic E-state index is -0.151. The fourth-order valence-corrected chi connectivity index (χ4v) is 1.28. The van der Waals surface area contributed by atoms with E-state index in [0.717, 1.165) is 13.2 Å². The van der Waals surface area contributed by atoms with Crippen molar-refractivity contribution in [1.82, 2.24) is 0 Å². The van der Waals surface area contributed by atoms with Crippen LogP contribution in [0.3, 0.4) is 0 Å². The van der Waals surface area contributed by atoms with Gasteiger partial charge in [0, 0.05) is 6.61 Å². The lowest BCUT2D eigenvalue weighted by molar-refractivity contribution is 0.308. The molecule has 0 N–H and O–H groups in total. The van der Waals surface area contributed by atoms with Crippen LogP contribution >= 0.6 is 0 Å². The minimum absolute atomic E-state index is 0.151. The zero-order valence-corrected chi connectivity index (χ0v) is 7.34. The first-order valence-corrected chi connectivity index (χ1v) is 5.62. The van der Waals surface area contributed by atoms with Crippen molar-refractivity contribution in [2.75, 3.05) is 13.2 Å². The molecule has 9 heavy (non-hydrogen) atoms. The van der Waals surface area contributed by atoms with Crippen molar-refractivity contribution in [2.45, 2.75) is 25.5 Å². The zero-order valence-electron chi connectivity index (χ0n) is 5.93. The molecule has 2 nitrogen and oxygen atoms in total. The third-order valence-corrected chi connectivity index (χ3v) is 2.12. The monoisotopic (exact) mass is 146 g/mol. The molecule has 1 unspecified atom stereocenters.